The van der Waals surface area contributed by atoms with Gasteiger partial charge in [-0.2, -0.15) is 4.68 Å². The summed E-state index contributed by atoms with van der Waals surface area (Å²) in [6.45, 7) is 0.301. The topological polar surface area (TPSA) is 71.2 Å². The number of hydrogen-bond donors (Lipinski definition) is 0. The average Bonchev–Trinajstić information content (AvgIpc) is 3.10. The summed E-state index contributed by atoms with van der Waals surface area (Å²) < 4.78 is 27.5. The number of tetrazole rings is 1. The Kier molecular flexibility index (Phi) is 3.13. The van der Waals surface area contributed by atoms with Crippen LogP contribution in [0.25, 0.3) is 5.69 Å². The molecule has 22 heavy (non-hydrogen) atoms. The maximum Gasteiger partial charge on any atom is 0.221 e. The summed E-state index contributed by atoms with van der Waals surface area (Å²) in [6, 6.07) is 5.75. The van der Waals surface area contributed by atoms with Gasteiger partial charge < -0.3 is 9.47 Å². The van der Waals surface area contributed by atoms with E-state index in [1.54, 1.807) is 18.2 Å². The van der Waals surface area contributed by atoms with E-state index in [1.165, 1.54) is 15.4 Å². The van der Waals surface area contributed by atoms with Crippen LogP contribution in [0.15, 0.2) is 24.3 Å². The highest BCUT2D eigenvalue weighted by Gasteiger charge is 2.45. The Bertz CT molecular complexity index is 805. The molecule has 3 atom stereocenters. The lowest BCUT2D eigenvalue weighted by atomic mass is 10.0. The molecule has 9 heteroatoms. The molecule has 4 rings (SSSR count). The Balaban J connectivity index is 1.75. The van der Waals surface area contributed by atoms with Gasteiger partial charge in [-0.1, -0.05) is 12.1 Å². The Morgan fingerprint density at radius 3 is 2.95 bits per heavy atom. The van der Waals surface area contributed by atoms with Crippen molar-refractivity contribution in [1.82, 2.24) is 19.8 Å². The van der Waals surface area contributed by atoms with Gasteiger partial charge in [-0.15, -0.1) is 0 Å². The summed E-state index contributed by atoms with van der Waals surface area (Å²) in [5, 5.41) is 7.89. The fourth-order valence-electron chi connectivity index (χ4n) is 2.71. The van der Waals surface area contributed by atoms with Crippen LogP contribution in [0.1, 0.15) is 12.5 Å². The number of ketones is 1. The average molecular weight is 322 g/mol. The largest absolute Gasteiger partial charge is 0.343 e. The molecule has 114 valence electrons. The molecule has 0 radical (unpaired) electrons. The van der Waals surface area contributed by atoms with Crippen LogP contribution in [0.4, 0.5) is 4.39 Å². The smallest absolute Gasteiger partial charge is 0.221 e. The zero-order chi connectivity index (χ0) is 15.3. The van der Waals surface area contributed by atoms with Crippen molar-refractivity contribution < 1.29 is 18.7 Å². The second-order valence-corrected chi connectivity index (χ2v) is 5.51. The summed E-state index contributed by atoms with van der Waals surface area (Å²) in [4.78, 5) is 11.9. The third-order valence-corrected chi connectivity index (χ3v) is 4.17. The summed E-state index contributed by atoms with van der Waals surface area (Å²) in [5.74, 6) is -0.605. The van der Waals surface area contributed by atoms with Gasteiger partial charge in [0.2, 0.25) is 11.1 Å². The molecule has 2 aromatic rings. The van der Waals surface area contributed by atoms with E-state index in [-0.39, 0.29) is 34.8 Å². The Morgan fingerprint density at radius 1 is 1.32 bits per heavy atom. The fourth-order valence-corrected chi connectivity index (χ4v) is 3.01. The van der Waals surface area contributed by atoms with E-state index >= 15 is 0 Å². The summed E-state index contributed by atoms with van der Waals surface area (Å²) >= 11 is 5.33. The van der Waals surface area contributed by atoms with Crippen LogP contribution in [0.3, 0.4) is 0 Å². The molecule has 2 fully saturated rings. The van der Waals surface area contributed by atoms with Crippen molar-refractivity contribution in [3.05, 3.63) is 34.9 Å². The summed E-state index contributed by atoms with van der Waals surface area (Å²) in [6.07, 6.45) is -0.878. The molecule has 7 nitrogen and oxygen atoms in total. The van der Waals surface area contributed by atoms with Crippen molar-refractivity contribution in [2.75, 3.05) is 6.61 Å². The number of hydrogen-bond acceptors (Lipinski definition) is 6. The number of aromatic nitrogens is 4. The lowest BCUT2D eigenvalue weighted by Gasteiger charge is -2.25. The number of halogens is 1. The molecular formula is C13H11FN4O3S. The number of Topliss-reactive ketones (excluding diaryl/α,β-unsaturated/α-hetero) is 1. The van der Waals surface area contributed by atoms with Crippen LogP contribution in [-0.2, 0) is 14.3 Å². The molecule has 2 aliphatic rings. The standard InChI is InChI=1S/C13H11FN4O3S/c14-7-3-1-2-4-8(7)17-13(22)18(16-15-17)9-5-10(19)12-20-6-11(9)21-12/h1-4,9,11-12H,5-6H2/t9-,11-,12+/m1/s1. The number of carbonyl (C=O) groups is 1. The van der Waals surface area contributed by atoms with Crippen LogP contribution < -0.4 is 0 Å². The van der Waals surface area contributed by atoms with Gasteiger partial charge in [0.1, 0.15) is 17.6 Å². The van der Waals surface area contributed by atoms with Gasteiger partial charge in [0.05, 0.1) is 12.6 Å². The van der Waals surface area contributed by atoms with E-state index in [2.05, 4.69) is 10.4 Å². The maximum atomic E-state index is 13.9. The molecule has 2 saturated heterocycles. The van der Waals surface area contributed by atoms with Crippen molar-refractivity contribution in [2.45, 2.75) is 24.9 Å². The zero-order valence-electron chi connectivity index (χ0n) is 11.3. The van der Waals surface area contributed by atoms with Crippen LogP contribution in [0, 0.1) is 10.6 Å². The highest BCUT2D eigenvalue weighted by Crippen LogP contribution is 2.32. The van der Waals surface area contributed by atoms with Crippen LogP contribution in [-0.4, -0.2) is 44.6 Å². The number of rotatable bonds is 2. The van der Waals surface area contributed by atoms with Gasteiger partial charge in [0.25, 0.3) is 0 Å². The molecule has 2 aliphatic heterocycles. The van der Waals surface area contributed by atoms with Crippen LogP contribution in [0.5, 0.6) is 0 Å². The van der Waals surface area contributed by atoms with E-state index < -0.39 is 12.1 Å². The van der Waals surface area contributed by atoms with Gasteiger partial charge in [0.15, 0.2) is 5.78 Å². The van der Waals surface area contributed by atoms with Gasteiger partial charge in [-0.25, -0.2) is 9.07 Å². The first-order valence-corrected chi connectivity index (χ1v) is 7.15. The molecule has 0 aliphatic carbocycles. The lowest BCUT2D eigenvalue weighted by Crippen LogP contribution is -2.37. The first-order valence-electron chi connectivity index (χ1n) is 6.74. The predicted octanol–water partition coefficient (Wildman–Crippen LogP) is 1.19. The second-order valence-electron chi connectivity index (χ2n) is 5.15. The van der Waals surface area contributed by atoms with Gasteiger partial charge in [-0.3, -0.25) is 4.79 Å². The van der Waals surface area contributed by atoms with E-state index in [0.717, 1.165) is 0 Å². The molecule has 0 amide bonds. The number of carbonyl (C=O) groups excluding carboxylic acids is 1. The second kappa shape index (κ2) is 5.04. The molecule has 0 spiro atoms. The highest BCUT2D eigenvalue weighted by molar-refractivity contribution is 7.71. The molecule has 0 N–H and O–H groups in total. The first-order chi connectivity index (χ1) is 10.6. The van der Waals surface area contributed by atoms with E-state index in [9.17, 15) is 9.18 Å². The minimum atomic E-state index is -0.781. The van der Waals surface area contributed by atoms with Crippen LogP contribution >= 0.6 is 12.2 Å². The Morgan fingerprint density at radius 2 is 2.14 bits per heavy atom. The number of fused-ring (bicyclic) bond motifs is 2. The maximum absolute atomic E-state index is 13.9. The SMILES string of the molecule is O=C1C[C@@H](n2nnn(-c3ccccc3F)c2=S)[C@H]2CO[C@H]1O2. The fraction of sp³-hybridized carbons (Fsp3) is 0.385. The molecule has 1 aromatic heterocycles. The van der Waals surface area contributed by atoms with Crippen molar-refractivity contribution in [1.29, 1.82) is 0 Å². The van der Waals surface area contributed by atoms with Gasteiger partial charge >= 0.3 is 0 Å². The number of nitrogens with zero attached hydrogens (tertiary/aromatic N) is 4. The van der Waals surface area contributed by atoms with Crippen molar-refractivity contribution in [2.24, 2.45) is 0 Å². The predicted molar refractivity (Wildman–Crippen MR) is 73.4 cm³/mol. The zero-order valence-corrected chi connectivity index (χ0v) is 12.1. The van der Waals surface area contributed by atoms with Gasteiger partial charge in [0, 0.05) is 6.42 Å². The Labute approximate surface area is 129 Å². The highest BCUT2D eigenvalue weighted by atomic mass is 32.1. The number of benzene rings is 1. The number of para-hydroxylation sites is 1. The van der Waals surface area contributed by atoms with E-state index in [4.69, 9.17) is 21.7 Å². The normalized spacial score (nSPS) is 27.3. The molecule has 2 bridgehead atoms. The van der Waals surface area contributed by atoms with E-state index in [0.29, 0.717) is 6.61 Å². The third-order valence-electron chi connectivity index (χ3n) is 3.81. The monoisotopic (exact) mass is 322 g/mol. The Hall–Kier alpha value is -1.97. The van der Waals surface area contributed by atoms with E-state index in [1.807, 2.05) is 0 Å². The summed E-state index contributed by atoms with van der Waals surface area (Å²) in [7, 11) is 0. The number of ether oxygens (including phenoxy) is 2. The third kappa shape index (κ3) is 2.01. The molecule has 3 heterocycles. The summed E-state index contributed by atoms with van der Waals surface area (Å²) in [5.41, 5.74) is 0.211. The van der Waals surface area contributed by atoms with Crippen molar-refractivity contribution >= 4 is 18.0 Å². The van der Waals surface area contributed by atoms with Crippen LogP contribution in [0.2, 0.25) is 0 Å². The minimum Gasteiger partial charge on any atom is -0.343 e. The minimum absolute atomic E-state index is 0.152. The molecular weight excluding hydrogens is 311 g/mol. The van der Waals surface area contributed by atoms with Crippen molar-refractivity contribution in [3.8, 4) is 5.69 Å². The molecule has 0 unspecified atom stereocenters. The molecule has 1 aromatic carbocycles. The molecule has 0 saturated carbocycles. The van der Waals surface area contributed by atoms with Gasteiger partial charge in [-0.05, 0) is 34.8 Å². The first kappa shape index (κ1) is 13.7. The lowest BCUT2D eigenvalue weighted by molar-refractivity contribution is -0.156. The quantitative estimate of drug-likeness (QED) is 0.774. The van der Waals surface area contributed by atoms with Crippen molar-refractivity contribution in [3.63, 3.8) is 0 Å².